The number of para-hydroxylation sites is 1. The van der Waals surface area contributed by atoms with Crippen molar-refractivity contribution in [3.05, 3.63) is 70.9 Å². The third-order valence-electron chi connectivity index (χ3n) is 3.75. The first kappa shape index (κ1) is 11.8. The number of nitrogens with zero attached hydrogens (tertiary/aromatic N) is 1. The zero-order valence-electron chi connectivity index (χ0n) is 11.2. The summed E-state index contributed by atoms with van der Waals surface area (Å²) in [4.78, 5) is 2.17. The number of benzene rings is 2. The molecule has 2 heteroatoms. The van der Waals surface area contributed by atoms with Crippen LogP contribution in [0.4, 0.5) is 5.69 Å². The van der Waals surface area contributed by atoms with E-state index in [-0.39, 0.29) is 0 Å². The smallest absolute Gasteiger partial charge is 0.142 e. The van der Waals surface area contributed by atoms with Crippen molar-refractivity contribution in [1.29, 1.82) is 0 Å². The molecular formula is C17H17NO. The van der Waals surface area contributed by atoms with Gasteiger partial charge in [0.05, 0.1) is 5.70 Å². The molecule has 0 aliphatic carbocycles. The second kappa shape index (κ2) is 4.47. The van der Waals surface area contributed by atoms with Crippen molar-refractivity contribution in [3.8, 4) is 0 Å². The lowest BCUT2D eigenvalue weighted by molar-refractivity contribution is 0.498. The molecule has 3 rings (SSSR count). The fourth-order valence-corrected chi connectivity index (χ4v) is 2.63. The van der Waals surface area contributed by atoms with Gasteiger partial charge in [-0.25, -0.2) is 0 Å². The van der Waals surface area contributed by atoms with Gasteiger partial charge >= 0.3 is 0 Å². The highest BCUT2D eigenvalue weighted by Crippen LogP contribution is 2.34. The van der Waals surface area contributed by atoms with Crippen LogP contribution < -0.4 is 4.90 Å². The van der Waals surface area contributed by atoms with Crippen molar-refractivity contribution in [3.63, 3.8) is 0 Å². The number of aliphatic hydroxyl groups is 1. The van der Waals surface area contributed by atoms with Gasteiger partial charge in [-0.2, -0.15) is 0 Å². The van der Waals surface area contributed by atoms with Gasteiger partial charge in [0.1, 0.15) is 5.76 Å². The van der Waals surface area contributed by atoms with E-state index in [0.29, 0.717) is 5.76 Å². The van der Waals surface area contributed by atoms with E-state index in [2.05, 4.69) is 30.0 Å². The molecule has 96 valence electrons. The molecule has 0 saturated heterocycles. The fourth-order valence-electron chi connectivity index (χ4n) is 2.63. The van der Waals surface area contributed by atoms with E-state index in [0.717, 1.165) is 29.1 Å². The zero-order valence-corrected chi connectivity index (χ0v) is 11.2. The molecule has 0 spiro atoms. The number of rotatable bonds is 1. The molecule has 0 radical (unpaired) electrons. The van der Waals surface area contributed by atoms with Gasteiger partial charge in [-0.1, -0.05) is 42.5 Å². The molecule has 2 aromatic carbocycles. The van der Waals surface area contributed by atoms with Crippen LogP contribution in [0.2, 0.25) is 0 Å². The minimum atomic E-state index is 0.380. The summed E-state index contributed by atoms with van der Waals surface area (Å²) in [5.41, 5.74) is 5.39. The van der Waals surface area contributed by atoms with E-state index in [9.17, 15) is 5.11 Å². The summed E-state index contributed by atoms with van der Waals surface area (Å²) < 4.78 is 0. The summed E-state index contributed by atoms with van der Waals surface area (Å²) in [6, 6.07) is 16.3. The van der Waals surface area contributed by atoms with E-state index in [1.807, 2.05) is 37.3 Å². The minimum Gasteiger partial charge on any atom is -0.505 e. The Labute approximate surface area is 113 Å². The maximum atomic E-state index is 10.4. The molecular weight excluding hydrogens is 234 g/mol. The van der Waals surface area contributed by atoms with E-state index in [1.54, 1.807) is 0 Å². The van der Waals surface area contributed by atoms with Crippen molar-refractivity contribution >= 4 is 11.4 Å². The number of aryl methyl sites for hydroxylation is 1. The third kappa shape index (κ3) is 1.89. The van der Waals surface area contributed by atoms with Gasteiger partial charge in [0.2, 0.25) is 0 Å². The number of anilines is 1. The van der Waals surface area contributed by atoms with Crippen molar-refractivity contribution in [1.82, 2.24) is 0 Å². The van der Waals surface area contributed by atoms with Gasteiger partial charge in [-0.3, -0.25) is 0 Å². The van der Waals surface area contributed by atoms with Crippen LogP contribution in [-0.4, -0.2) is 5.11 Å². The molecule has 0 fully saturated rings. The van der Waals surface area contributed by atoms with Crippen LogP contribution in [0.3, 0.4) is 0 Å². The van der Waals surface area contributed by atoms with E-state index in [1.165, 1.54) is 5.56 Å². The van der Waals surface area contributed by atoms with Crippen LogP contribution in [0.5, 0.6) is 0 Å². The molecule has 1 heterocycles. The largest absolute Gasteiger partial charge is 0.505 e. The van der Waals surface area contributed by atoms with Crippen LogP contribution in [0.15, 0.2) is 54.2 Å². The third-order valence-corrected chi connectivity index (χ3v) is 3.75. The van der Waals surface area contributed by atoms with Crippen LogP contribution in [0.1, 0.15) is 23.6 Å². The normalized spacial score (nSPS) is 14.5. The Bertz CT molecular complexity index is 658. The van der Waals surface area contributed by atoms with Gasteiger partial charge < -0.3 is 10.0 Å². The maximum Gasteiger partial charge on any atom is 0.142 e. The highest BCUT2D eigenvalue weighted by atomic mass is 16.3. The van der Waals surface area contributed by atoms with Crippen LogP contribution in [-0.2, 0) is 6.54 Å². The average Bonchev–Trinajstić information content (AvgIpc) is 2.44. The van der Waals surface area contributed by atoms with Crippen LogP contribution in [0.25, 0.3) is 5.76 Å². The van der Waals surface area contributed by atoms with Gasteiger partial charge in [0.15, 0.2) is 0 Å². The van der Waals surface area contributed by atoms with Gasteiger partial charge in [0.25, 0.3) is 0 Å². The summed E-state index contributed by atoms with van der Waals surface area (Å²) in [6.45, 7) is 4.87. The topological polar surface area (TPSA) is 23.5 Å². The molecule has 0 bridgehead atoms. The molecule has 2 nitrogen and oxygen atoms in total. The molecule has 19 heavy (non-hydrogen) atoms. The van der Waals surface area contributed by atoms with Gasteiger partial charge in [-0.05, 0) is 31.0 Å². The molecule has 2 aromatic rings. The number of hydrogen-bond donors (Lipinski definition) is 1. The van der Waals surface area contributed by atoms with Crippen molar-refractivity contribution in [2.75, 3.05) is 4.90 Å². The number of allylic oxidation sites excluding steroid dienone is 1. The molecule has 1 N–H and O–H groups in total. The second-order valence-electron chi connectivity index (χ2n) is 4.96. The Morgan fingerprint density at radius 3 is 2.42 bits per heavy atom. The predicted molar refractivity (Wildman–Crippen MR) is 79.0 cm³/mol. The van der Waals surface area contributed by atoms with Crippen molar-refractivity contribution in [2.24, 2.45) is 0 Å². The molecule has 0 aromatic heterocycles. The Morgan fingerprint density at radius 2 is 1.63 bits per heavy atom. The summed E-state index contributed by atoms with van der Waals surface area (Å²) in [5, 5.41) is 10.4. The van der Waals surface area contributed by atoms with E-state index < -0.39 is 0 Å². The highest BCUT2D eigenvalue weighted by Gasteiger charge is 2.23. The zero-order chi connectivity index (χ0) is 13.4. The lowest BCUT2D eigenvalue weighted by Gasteiger charge is -2.32. The number of hydrogen-bond acceptors (Lipinski definition) is 2. The molecule has 1 aliphatic heterocycles. The SMILES string of the molecule is CC1=C(O)c2ccccc2CN1c1ccccc1C. The number of aliphatic hydroxyl groups excluding tert-OH is 1. The standard InChI is InChI=1S/C17H17NO/c1-12-7-3-6-10-16(12)18-11-14-8-4-5-9-15(14)17(19)13(18)2/h3-10,19H,11H2,1-2H3. The lowest BCUT2D eigenvalue weighted by Crippen LogP contribution is -2.26. The maximum absolute atomic E-state index is 10.4. The first-order valence-electron chi connectivity index (χ1n) is 6.50. The molecule has 1 aliphatic rings. The minimum absolute atomic E-state index is 0.380. The molecule has 0 unspecified atom stereocenters. The molecule has 0 saturated carbocycles. The summed E-state index contributed by atoms with van der Waals surface area (Å²) in [6.07, 6.45) is 0. The summed E-state index contributed by atoms with van der Waals surface area (Å²) >= 11 is 0. The van der Waals surface area contributed by atoms with Gasteiger partial charge in [-0.15, -0.1) is 0 Å². The fraction of sp³-hybridized carbons (Fsp3) is 0.176. The summed E-state index contributed by atoms with van der Waals surface area (Å²) in [5.74, 6) is 0.380. The lowest BCUT2D eigenvalue weighted by atomic mass is 9.99. The van der Waals surface area contributed by atoms with Gasteiger partial charge in [0, 0.05) is 17.8 Å². The Hall–Kier alpha value is -2.22. The second-order valence-corrected chi connectivity index (χ2v) is 4.96. The first-order valence-corrected chi connectivity index (χ1v) is 6.50. The Balaban J connectivity index is 2.13. The van der Waals surface area contributed by atoms with E-state index in [4.69, 9.17) is 0 Å². The van der Waals surface area contributed by atoms with E-state index >= 15 is 0 Å². The molecule has 0 amide bonds. The number of fused-ring (bicyclic) bond motifs is 1. The quantitative estimate of drug-likeness (QED) is 0.818. The Morgan fingerprint density at radius 1 is 0.947 bits per heavy atom. The van der Waals surface area contributed by atoms with Crippen molar-refractivity contribution in [2.45, 2.75) is 20.4 Å². The monoisotopic (exact) mass is 251 g/mol. The summed E-state index contributed by atoms with van der Waals surface area (Å²) in [7, 11) is 0. The highest BCUT2D eigenvalue weighted by molar-refractivity contribution is 5.74. The first-order chi connectivity index (χ1) is 9.18. The van der Waals surface area contributed by atoms with Crippen molar-refractivity contribution < 1.29 is 5.11 Å². The predicted octanol–water partition coefficient (Wildman–Crippen LogP) is 4.26. The molecule has 0 atom stereocenters. The van der Waals surface area contributed by atoms with Crippen LogP contribution in [0, 0.1) is 6.92 Å². The average molecular weight is 251 g/mol. The Kier molecular flexibility index (Phi) is 2.79. The van der Waals surface area contributed by atoms with Crippen LogP contribution >= 0.6 is 0 Å².